The van der Waals surface area contributed by atoms with Gasteiger partial charge in [-0.15, -0.1) is 0 Å². The second-order valence-corrected chi connectivity index (χ2v) is 8.58. The van der Waals surface area contributed by atoms with Gasteiger partial charge in [0, 0.05) is 43.9 Å². The van der Waals surface area contributed by atoms with Gasteiger partial charge in [-0.05, 0) is 18.8 Å². The normalized spacial score (nSPS) is 24.6. The van der Waals surface area contributed by atoms with E-state index < -0.39 is 0 Å². The molecule has 3 aliphatic rings. The third kappa shape index (κ3) is 3.68. The summed E-state index contributed by atoms with van der Waals surface area (Å²) in [5.41, 5.74) is 1.15. The van der Waals surface area contributed by atoms with Crippen LogP contribution in [0.15, 0.2) is 0 Å². The van der Waals surface area contributed by atoms with Crippen LogP contribution in [0.1, 0.15) is 42.7 Å². The zero-order chi connectivity index (χ0) is 17.2. The van der Waals surface area contributed by atoms with E-state index in [4.69, 9.17) is 4.98 Å². The Morgan fingerprint density at radius 2 is 2.16 bits per heavy atom. The van der Waals surface area contributed by atoms with Crippen LogP contribution in [0.5, 0.6) is 0 Å². The lowest BCUT2D eigenvalue weighted by Gasteiger charge is -2.34. The van der Waals surface area contributed by atoms with E-state index >= 15 is 0 Å². The highest BCUT2D eigenvalue weighted by molar-refractivity contribution is 7.15. The Labute approximate surface area is 153 Å². The summed E-state index contributed by atoms with van der Waals surface area (Å²) >= 11 is 1.71. The molecule has 1 atom stereocenters. The van der Waals surface area contributed by atoms with Gasteiger partial charge in [0.25, 0.3) is 0 Å². The lowest BCUT2D eigenvalue weighted by Crippen LogP contribution is -2.53. The maximum absolute atomic E-state index is 12.6. The Morgan fingerprint density at radius 3 is 2.96 bits per heavy atom. The number of nitrogens with zero attached hydrogens (tertiary/aromatic N) is 3. The van der Waals surface area contributed by atoms with Gasteiger partial charge in [-0.1, -0.05) is 24.2 Å². The van der Waals surface area contributed by atoms with Crippen molar-refractivity contribution in [1.29, 1.82) is 0 Å². The third-order valence-electron chi connectivity index (χ3n) is 5.82. The summed E-state index contributed by atoms with van der Waals surface area (Å²) in [7, 11) is 0. The number of piperazine rings is 1. The van der Waals surface area contributed by atoms with Gasteiger partial charge in [0.05, 0.1) is 24.9 Å². The van der Waals surface area contributed by atoms with Gasteiger partial charge < -0.3 is 20.2 Å². The first-order chi connectivity index (χ1) is 12.2. The highest BCUT2D eigenvalue weighted by Crippen LogP contribution is 2.33. The molecule has 7 heteroatoms. The minimum absolute atomic E-state index is 0.0986. The molecule has 1 amide bonds. The zero-order valence-electron chi connectivity index (χ0n) is 14.7. The van der Waals surface area contributed by atoms with E-state index in [1.54, 1.807) is 11.3 Å². The molecule has 2 N–H and O–H groups in total. The molecule has 2 aliphatic heterocycles. The first kappa shape index (κ1) is 17.2. The molecule has 1 saturated heterocycles. The average Bonchev–Trinajstić information content (AvgIpc) is 3.30. The molecular weight excluding hydrogens is 336 g/mol. The quantitative estimate of drug-likeness (QED) is 0.845. The fourth-order valence-corrected chi connectivity index (χ4v) is 5.50. The van der Waals surface area contributed by atoms with Gasteiger partial charge in [0.2, 0.25) is 5.91 Å². The van der Waals surface area contributed by atoms with Crippen molar-refractivity contribution >= 4 is 22.4 Å². The molecule has 0 radical (unpaired) electrons. The lowest BCUT2D eigenvalue weighted by atomic mass is 10.0. The predicted octanol–water partition coefficient (Wildman–Crippen LogP) is 1.38. The molecule has 1 aromatic rings. The van der Waals surface area contributed by atoms with Crippen LogP contribution in [0.2, 0.25) is 0 Å². The van der Waals surface area contributed by atoms with Crippen molar-refractivity contribution in [2.24, 2.45) is 5.92 Å². The summed E-state index contributed by atoms with van der Waals surface area (Å²) in [6, 6.07) is 0.0986. The number of anilines is 1. The number of aromatic nitrogens is 1. The zero-order valence-corrected chi connectivity index (χ0v) is 15.6. The van der Waals surface area contributed by atoms with Gasteiger partial charge in [-0.3, -0.25) is 4.79 Å². The van der Waals surface area contributed by atoms with Crippen LogP contribution in [-0.2, 0) is 17.8 Å². The highest BCUT2D eigenvalue weighted by Gasteiger charge is 2.30. The molecule has 1 aromatic heterocycles. The number of hydrogen-bond donors (Lipinski definition) is 2. The third-order valence-corrected chi connectivity index (χ3v) is 6.94. The Balaban J connectivity index is 1.42. The van der Waals surface area contributed by atoms with Crippen LogP contribution < -0.4 is 10.2 Å². The highest BCUT2D eigenvalue weighted by atomic mass is 32.1. The van der Waals surface area contributed by atoms with Crippen LogP contribution >= 0.6 is 11.3 Å². The number of fused-ring (bicyclic) bond motifs is 1. The summed E-state index contributed by atoms with van der Waals surface area (Å²) in [4.78, 5) is 23.0. The van der Waals surface area contributed by atoms with Gasteiger partial charge in [-0.2, -0.15) is 0 Å². The number of hydrogen-bond acceptors (Lipinski definition) is 6. The largest absolute Gasteiger partial charge is 0.394 e. The van der Waals surface area contributed by atoms with E-state index in [1.807, 2.05) is 4.90 Å². The van der Waals surface area contributed by atoms with E-state index in [9.17, 15) is 9.90 Å². The van der Waals surface area contributed by atoms with E-state index in [2.05, 4.69) is 10.2 Å². The molecule has 3 heterocycles. The summed E-state index contributed by atoms with van der Waals surface area (Å²) in [5.74, 6) is 0.931. The number of rotatable bonds is 4. The summed E-state index contributed by atoms with van der Waals surface area (Å²) in [5, 5.41) is 14.0. The van der Waals surface area contributed by atoms with E-state index in [0.717, 1.165) is 49.8 Å². The number of nitrogens with one attached hydrogen (secondary N) is 1. The molecule has 0 aromatic carbocycles. The average molecular weight is 365 g/mol. The standard InChI is InChI=1S/C18H28N4O2S/c23-12-14-10-19-6-8-22(14)18-20-15-5-7-21(11-16(15)25-18)17(24)9-13-3-1-2-4-13/h13-14,19,23H,1-12H2/t14-/m0/s1. The van der Waals surface area contributed by atoms with Crippen molar-refractivity contribution in [2.75, 3.05) is 37.7 Å². The lowest BCUT2D eigenvalue weighted by molar-refractivity contribution is -0.133. The van der Waals surface area contributed by atoms with Crippen molar-refractivity contribution in [1.82, 2.24) is 15.2 Å². The number of amides is 1. The molecule has 0 spiro atoms. The molecule has 25 heavy (non-hydrogen) atoms. The Morgan fingerprint density at radius 1 is 1.32 bits per heavy atom. The predicted molar refractivity (Wildman–Crippen MR) is 98.9 cm³/mol. The van der Waals surface area contributed by atoms with E-state index in [1.165, 1.54) is 30.6 Å². The molecular formula is C18H28N4O2S. The van der Waals surface area contributed by atoms with Crippen LogP contribution in [0.4, 0.5) is 5.13 Å². The second-order valence-electron chi connectivity index (χ2n) is 7.52. The van der Waals surface area contributed by atoms with Crippen molar-refractivity contribution in [2.45, 2.75) is 51.1 Å². The smallest absolute Gasteiger partial charge is 0.223 e. The Bertz CT molecular complexity index is 614. The van der Waals surface area contributed by atoms with Gasteiger partial charge in [0.1, 0.15) is 0 Å². The number of aliphatic hydroxyl groups is 1. The fourth-order valence-electron chi connectivity index (χ4n) is 4.28. The maximum atomic E-state index is 12.6. The number of carbonyl (C=O) groups excluding carboxylic acids is 1. The topological polar surface area (TPSA) is 68.7 Å². The van der Waals surface area contributed by atoms with Crippen molar-refractivity contribution in [3.63, 3.8) is 0 Å². The fraction of sp³-hybridized carbons (Fsp3) is 0.778. The van der Waals surface area contributed by atoms with E-state index in [-0.39, 0.29) is 12.6 Å². The minimum Gasteiger partial charge on any atom is -0.394 e. The first-order valence-electron chi connectivity index (χ1n) is 9.59. The summed E-state index contributed by atoms with van der Waals surface area (Å²) < 4.78 is 0. The number of carbonyl (C=O) groups is 1. The molecule has 138 valence electrons. The molecule has 1 aliphatic carbocycles. The molecule has 6 nitrogen and oxygen atoms in total. The molecule has 4 rings (SSSR count). The molecule has 2 fully saturated rings. The van der Waals surface area contributed by atoms with Crippen LogP contribution in [-0.4, -0.2) is 59.7 Å². The van der Waals surface area contributed by atoms with Crippen LogP contribution in [0.3, 0.4) is 0 Å². The first-order valence-corrected chi connectivity index (χ1v) is 10.4. The summed E-state index contributed by atoms with van der Waals surface area (Å²) in [6.07, 6.45) is 6.61. The summed E-state index contributed by atoms with van der Waals surface area (Å²) in [6.45, 7) is 4.26. The Hall–Kier alpha value is -1.18. The molecule has 0 unspecified atom stereocenters. The second kappa shape index (κ2) is 7.60. The maximum Gasteiger partial charge on any atom is 0.223 e. The van der Waals surface area contributed by atoms with Crippen LogP contribution in [0, 0.1) is 5.92 Å². The van der Waals surface area contributed by atoms with Gasteiger partial charge in [0.15, 0.2) is 5.13 Å². The van der Waals surface area contributed by atoms with Crippen LogP contribution in [0.25, 0.3) is 0 Å². The van der Waals surface area contributed by atoms with Gasteiger partial charge >= 0.3 is 0 Å². The van der Waals surface area contributed by atoms with Gasteiger partial charge in [-0.25, -0.2) is 4.98 Å². The SMILES string of the molecule is O=C(CC1CCCC1)N1CCc2nc(N3CCNC[C@H]3CO)sc2C1. The van der Waals surface area contributed by atoms with E-state index in [0.29, 0.717) is 18.4 Å². The van der Waals surface area contributed by atoms with Crippen molar-refractivity contribution in [3.05, 3.63) is 10.6 Å². The minimum atomic E-state index is 0.0986. The number of aliphatic hydroxyl groups excluding tert-OH is 1. The van der Waals surface area contributed by atoms with Crippen molar-refractivity contribution in [3.8, 4) is 0 Å². The molecule has 0 bridgehead atoms. The molecule has 1 saturated carbocycles. The number of thiazole rings is 1. The Kier molecular flexibility index (Phi) is 5.24. The van der Waals surface area contributed by atoms with Crippen molar-refractivity contribution < 1.29 is 9.90 Å². The monoisotopic (exact) mass is 364 g/mol.